The standard InChI is InChI=1S/C12H16N4O5/c1-19-11-9(16(17)18)10(13-8-14-11)15-4-2-12(3-5-15)20-6-7-21-12/h8H,2-7H2,1H3. The van der Waals surface area contributed by atoms with Crippen LogP contribution in [0.5, 0.6) is 5.88 Å². The zero-order valence-corrected chi connectivity index (χ0v) is 11.7. The van der Waals surface area contributed by atoms with Gasteiger partial charge in [-0.25, -0.2) is 4.98 Å². The molecule has 1 aromatic heterocycles. The average Bonchev–Trinajstić information content (AvgIpc) is 2.95. The van der Waals surface area contributed by atoms with Gasteiger partial charge in [0.15, 0.2) is 5.79 Å². The smallest absolute Gasteiger partial charge is 0.372 e. The molecule has 2 saturated heterocycles. The molecule has 9 nitrogen and oxygen atoms in total. The van der Waals surface area contributed by atoms with Crippen LogP contribution in [0.25, 0.3) is 0 Å². The van der Waals surface area contributed by atoms with Gasteiger partial charge in [-0.15, -0.1) is 0 Å². The number of nitrogens with zero attached hydrogens (tertiary/aromatic N) is 4. The molecule has 2 fully saturated rings. The lowest BCUT2D eigenvalue weighted by Crippen LogP contribution is -2.45. The van der Waals surface area contributed by atoms with E-state index in [1.807, 2.05) is 4.90 Å². The van der Waals surface area contributed by atoms with E-state index in [-0.39, 0.29) is 17.4 Å². The van der Waals surface area contributed by atoms with Crippen LogP contribution in [-0.4, -0.2) is 54.1 Å². The first kappa shape index (κ1) is 14.0. The van der Waals surface area contributed by atoms with Gasteiger partial charge in [-0.2, -0.15) is 4.98 Å². The lowest BCUT2D eigenvalue weighted by atomic mass is 10.0. The van der Waals surface area contributed by atoms with E-state index in [4.69, 9.17) is 14.2 Å². The van der Waals surface area contributed by atoms with Gasteiger partial charge in [0.25, 0.3) is 5.88 Å². The summed E-state index contributed by atoms with van der Waals surface area (Å²) in [5, 5.41) is 11.3. The molecule has 21 heavy (non-hydrogen) atoms. The summed E-state index contributed by atoms with van der Waals surface area (Å²) in [5.41, 5.74) is -0.204. The summed E-state index contributed by atoms with van der Waals surface area (Å²) in [6, 6.07) is 0. The van der Waals surface area contributed by atoms with Crippen LogP contribution < -0.4 is 9.64 Å². The summed E-state index contributed by atoms with van der Waals surface area (Å²) in [5.74, 6) is -0.277. The molecule has 3 rings (SSSR count). The second kappa shape index (κ2) is 5.41. The van der Waals surface area contributed by atoms with E-state index in [9.17, 15) is 10.1 Å². The van der Waals surface area contributed by atoms with Gasteiger partial charge in [0.1, 0.15) is 6.33 Å². The Morgan fingerprint density at radius 3 is 2.57 bits per heavy atom. The first-order chi connectivity index (χ1) is 10.2. The highest BCUT2D eigenvalue weighted by Gasteiger charge is 2.41. The Morgan fingerprint density at radius 2 is 2.00 bits per heavy atom. The molecule has 0 aromatic carbocycles. The Bertz CT molecular complexity index is 536. The van der Waals surface area contributed by atoms with E-state index in [0.29, 0.717) is 39.1 Å². The van der Waals surface area contributed by atoms with Gasteiger partial charge in [0, 0.05) is 25.9 Å². The number of hydrogen-bond donors (Lipinski definition) is 0. The number of piperidine rings is 1. The molecular formula is C12H16N4O5. The van der Waals surface area contributed by atoms with Crippen LogP contribution in [0, 0.1) is 10.1 Å². The molecule has 114 valence electrons. The Morgan fingerprint density at radius 1 is 1.33 bits per heavy atom. The molecule has 0 bridgehead atoms. The molecular weight excluding hydrogens is 280 g/mol. The molecule has 0 aliphatic carbocycles. The van der Waals surface area contributed by atoms with Crippen LogP contribution in [0.3, 0.4) is 0 Å². The number of hydrogen-bond acceptors (Lipinski definition) is 8. The molecule has 1 spiro atoms. The molecule has 2 aliphatic heterocycles. The lowest BCUT2D eigenvalue weighted by molar-refractivity contribution is -0.385. The van der Waals surface area contributed by atoms with Gasteiger partial charge in [0.2, 0.25) is 5.82 Å². The van der Waals surface area contributed by atoms with Crippen molar-refractivity contribution in [1.29, 1.82) is 0 Å². The Kier molecular flexibility index (Phi) is 3.60. The Labute approximate surface area is 121 Å². The Hall–Kier alpha value is -2.00. The first-order valence-corrected chi connectivity index (χ1v) is 6.71. The van der Waals surface area contributed by atoms with Crippen molar-refractivity contribution in [2.75, 3.05) is 38.3 Å². The highest BCUT2D eigenvalue weighted by molar-refractivity contribution is 5.62. The predicted octanol–water partition coefficient (Wildman–Crippen LogP) is 0.737. The Balaban J connectivity index is 1.83. The number of anilines is 1. The quantitative estimate of drug-likeness (QED) is 0.594. The van der Waals surface area contributed by atoms with Gasteiger partial charge < -0.3 is 19.1 Å². The minimum absolute atomic E-state index is 0.0290. The van der Waals surface area contributed by atoms with Gasteiger partial charge >= 0.3 is 5.69 Å². The molecule has 0 N–H and O–H groups in total. The second-order valence-corrected chi connectivity index (χ2v) is 4.91. The summed E-state index contributed by atoms with van der Waals surface area (Å²) in [7, 11) is 1.35. The highest BCUT2D eigenvalue weighted by Crippen LogP contribution is 2.37. The lowest BCUT2D eigenvalue weighted by Gasteiger charge is -2.37. The highest BCUT2D eigenvalue weighted by atomic mass is 16.7. The fourth-order valence-electron chi connectivity index (χ4n) is 2.74. The minimum Gasteiger partial charge on any atom is -0.476 e. The van der Waals surface area contributed by atoms with Crippen molar-refractivity contribution in [2.24, 2.45) is 0 Å². The van der Waals surface area contributed by atoms with Crippen molar-refractivity contribution in [2.45, 2.75) is 18.6 Å². The van der Waals surface area contributed by atoms with Crippen molar-refractivity contribution < 1.29 is 19.1 Å². The fraction of sp³-hybridized carbons (Fsp3) is 0.667. The third-order valence-corrected chi connectivity index (χ3v) is 3.78. The van der Waals surface area contributed by atoms with E-state index in [0.717, 1.165) is 0 Å². The van der Waals surface area contributed by atoms with Crippen molar-refractivity contribution >= 4 is 11.5 Å². The van der Waals surface area contributed by atoms with Crippen molar-refractivity contribution in [3.63, 3.8) is 0 Å². The van der Waals surface area contributed by atoms with Crippen LogP contribution in [0.1, 0.15) is 12.8 Å². The maximum Gasteiger partial charge on any atom is 0.372 e. The third-order valence-electron chi connectivity index (χ3n) is 3.78. The molecule has 2 aliphatic rings. The largest absolute Gasteiger partial charge is 0.476 e. The first-order valence-electron chi connectivity index (χ1n) is 6.71. The molecule has 0 amide bonds. The molecule has 0 atom stereocenters. The maximum absolute atomic E-state index is 11.3. The fourth-order valence-corrected chi connectivity index (χ4v) is 2.74. The summed E-state index contributed by atoms with van der Waals surface area (Å²) in [6.07, 6.45) is 2.57. The van der Waals surface area contributed by atoms with Gasteiger partial charge in [-0.1, -0.05) is 0 Å². The summed E-state index contributed by atoms with van der Waals surface area (Å²) < 4.78 is 16.3. The van der Waals surface area contributed by atoms with Crippen LogP contribution in [0.2, 0.25) is 0 Å². The number of methoxy groups -OCH3 is 1. The summed E-state index contributed by atoms with van der Waals surface area (Å²) in [6.45, 7) is 2.34. The summed E-state index contributed by atoms with van der Waals surface area (Å²) in [4.78, 5) is 20.4. The molecule has 1 aromatic rings. The second-order valence-electron chi connectivity index (χ2n) is 4.91. The topological polar surface area (TPSA) is 99.9 Å². The monoisotopic (exact) mass is 296 g/mol. The molecule has 3 heterocycles. The summed E-state index contributed by atoms with van der Waals surface area (Å²) >= 11 is 0. The molecule has 0 unspecified atom stereocenters. The van der Waals surface area contributed by atoms with E-state index in [1.165, 1.54) is 13.4 Å². The maximum atomic E-state index is 11.3. The van der Waals surface area contributed by atoms with E-state index < -0.39 is 10.7 Å². The predicted molar refractivity (Wildman–Crippen MR) is 71.3 cm³/mol. The van der Waals surface area contributed by atoms with Crippen molar-refractivity contribution in [1.82, 2.24) is 9.97 Å². The zero-order chi connectivity index (χ0) is 14.9. The van der Waals surface area contributed by atoms with Gasteiger partial charge in [-0.05, 0) is 0 Å². The van der Waals surface area contributed by atoms with E-state index >= 15 is 0 Å². The SMILES string of the molecule is COc1ncnc(N2CCC3(CC2)OCCO3)c1[N+](=O)[O-]. The van der Waals surface area contributed by atoms with Crippen LogP contribution >= 0.6 is 0 Å². The average molecular weight is 296 g/mol. The number of aromatic nitrogens is 2. The minimum atomic E-state index is -0.525. The molecule has 0 radical (unpaired) electrons. The molecule has 0 saturated carbocycles. The molecule has 9 heteroatoms. The third kappa shape index (κ3) is 2.49. The van der Waals surface area contributed by atoms with Crippen molar-refractivity contribution in [3.05, 3.63) is 16.4 Å². The van der Waals surface area contributed by atoms with E-state index in [2.05, 4.69) is 9.97 Å². The van der Waals surface area contributed by atoms with E-state index in [1.54, 1.807) is 0 Å². The van der Waals surface area contributed by atoms with Gasteiger partial charge in [-0.3, -0.25) is 10.1 Å². The van der Waals surface area contributed by atoms with Crippen LogP contribution in [0.4, 0.5) is 11.5 Å². The zero-order valence-electron chi connectivity index (χ0n) is 11.7. The van der Waals surface area contributed by atoms with Crippen LogP contribution in [-0.2, 0) is 9.47 Å². The number of rotatable bonds is 3. The van der Waals surface area contributed by atoms with Crippen LogP contribution in [0.15, 0.2) is 6.33 Å². The normalized spacial score (nSPS) is 20.7. The number of nitro groups is 1. The van der Waals surface area contributed by atoms with Crippen molar-refractivity contribution in [3.8, 4) is 5.88 Å². The number of ether oxygens (including phenoxy) is 3. The van der Waals surface area contributed by atoms with Gasteiger partial charge in [0.05, 0.1) is 25.2 Å².